The Balaban J connectivity index is 1.64. The molecule has 0 bridgehead atoms. The van der Waals surface area contributed by atoms with Crippen LogP contribution in [0.15, 0.2) is 12.2 Å². The van der Waals surface area contributed by atoms with Gasteiger partial charge in [0, 0.05) is 0 Å². The van der Waals surface area contributed by atoms with Gasteiger partial charge < -0.3 is 5.32 Å². The normalized spacial score (nSPS) is 54.7. The van der Waals surface area contributed by atoms with Gasteiger partial charge in [-0.05, 0) is 92.5 Å². The summed E-state index contributed by atoms with van der Waals surface area (Å²) < 4.78 is 0. The molecule has 6 unspecified atom stereocenters. The Morgan fingerprint density at radius 1 is 0.950 bits per heavy atom. The third kappa shape index (κ3) is 1.78. The third-order valence-corrected chi connectivity index (χ3v) is 7.90. The molecule has 4 rings (SSSR count). The maximum atomic E-state index is 3.67. The number of rotatable bonds is 0. The summed E-state index contributed by atoms with van der Waals surface area (Å²) in [5, 5.41) is 3.67. The van der Waals surface area contributed by atoms with Crippen LogP contribution in [0.4, 0.5) is 0 Å². The van der Waals surface area contributed by atoms with Crippen LogP contribution >= 0.6 is 0 Å². The highest BCUT2D eigenvalue weighted by Gasteiger charge is 2.55. The zero-order valence-electron chi connectivity index (χ0n) is 13.3. The summed E-state index contributed by atoms with van der Waals surface area (Å²) in [5.74, 6) is 4.00. The van der Waals surface area contributed by atoms with E-state index in [9.17, 15) is 0 Å². The molecule has 1 heterocycles. The van der Waals surface area contributed by atoms with E-state index in [0.29, 0.717) is 10.8 Å². The molecule has 0 amide bonds. The van der Waals surface area contributed by atoms with Gasteiger partial charge in [-0.3, -0.25) is 0 Å². The predicted octanol–water partition coefficient (Wildman–Crippen LogP) is 4.39. The lowest BCUT2D eigenvalue weighted by Gasteiger charge is -2.58. The summed E-state index contributed by atoms with van der Waals surface area (Å²) >= 11 is 0. The molecule has 0 aromatic rings. The van der Waals surface area contributed by atoms with Gasteiger partial charge in [-0.25, -0.2) is 0 Å². The van der Waals surface area contributed by atoms with E-state index >= 15 is 0 Å². The van der Waals surface area contributed by atoms with Crippen molar-refractivity contribution in [2.24, 2.45) is 34.5 Å². The first-order chi connectivity index (χ1) is 9.63. The predicted molar refractivity (Wildman–Crippen MR) is 84.5 cm³/mol. The smallest absolute Gasteiger partial charge is 0.00435 e. The van der Waals surface area contributed by atoms with E-state index in [2.05, 4.69) is 31.3 Å². The topological polar surface area (TPSA) is 12.0 Å². The minimum atomic E-state index is 0.549. The minimum Gasteiger partial charge on any atom is -0.317 e. The van der Waals surface area contributed by atoms with E-state index in [1.54, 1.807) is 0 Å². The molecule has 1 N–H and O–H groups in total. The molecular formula is C19H31N. The highest BCUT2D eigenvalue weighted by atomic mass is 14.9. The summed E-state index contributed by atoms with van der Waals surface area (Å²) in [6.07, 6.45) is 15.3. The molecular weight excluding hydrogens is 242 g/mol. The van der Waals surface area contributed by atoms with Crippen molar-refractivity contribution in [1.29, 1.82) is 0 Å². The highest BCUT2D eigenvalue weighted by molar-refractivity contribution is 5.16. The van der Waals surface area contributed by atoms with E-state index in [4.69, 9.17) is 0 Å². The minimum absolute atomic E-state index is 0.549. The Bertz CT molecular complexity index is 414. The molecule has 2 saturated carbocycles. The van der Waals surface area contributed by atoms with E-state index in [-0.39, 0.29) is 0 Å². The van der Waals surface area contributed by atoms with Crippen LogP contribution in [0.5, 0.6) is 0 Å². The van der Waals surface area contributed by atoms with Gasteiger partial charge in [0.05, 0.1) is 0 Å². The number of hydrogen-bond acceptors (Lipinski definition) is 1. The molecule has 0 spiro atoms. The maximum absolute atomic E-state index is 3.67. The number of hydrogen-bond donors (Lipinski definition) is 1. The van der Waals surface area contributed by atoms with Crippen LogP contribution in [0.3, 0.4) is 0 Å². The maximum Gasteiger partial charge on any atom is -0.00435 e. The average Bonchev–Trinajstić information content (AvgIpc) is 2.71. The molecule has 3 aliphatic carbocycles. The Kier molecular flexibility index (Phi) is 3.07. The van der Waals surface area contributed by atoms with Gasteiger partial charge in [-0.2, -0.15) is 0 Å². The molecule has 0 aromatic carbocycles. The number of fused-ring (bicyclic) bond motifs is 5. The second-order valence-electron chi connectivity index (χ2n) is 8.63. The largest absolute Gasteiger partial charge is 0.317 e. The van der Waals surface area contributed by atoms with Crippen LogP contribution in [0, 0.1) is 34.5 Å². The molecule has 0 aromatic heterocycles. The van der Waals surface area contributed by atoms with Crippen molar-refractivity contribution >= 4 is 0 Å². The van der Waals surface area contributed by atoms with Crippen molar-refractivity contribution in [2.45, 2.75) is 58.8 Å². The van der Waals surface area contributed by atoms with Crippen LogP contribution in [0.2, 0.25) is 0 Å². The first-order valence-corrected chi connectivity index (χ1v) is 9.02. The highest BCUT2D eigenvalue weighted by Crippen LogP contribution is 2.63. The molecule has 0 radical (unpaired) electrons. The Hall–Kier alpha value is -0.300. The third-order valence-electron chi connectivity index (χ3n) is 7.90. The van der Waals surface area contributed by atoms with Crippen LogP contribution in [-0.2, 0) is 0 Å². The van der Waals surface area contributed by atoms with Gasteiger partial charge in [-0.15, -0.1) is 0 Å². The lowest BCUT2D eigenvalue weighted by atomic mass is 9.47. The zero-order valence-corrected chi connectivity index (χ0v) is 13.3. The van der Waals surface area contributed by atoms with Crippen molar-refractivity contribution in [2.75, 3.05) is 13.1 Å². The van der Waals surface area contributed by atoms with Crippen molar-refractivity contribution in [3.05, 3.63) is 12.2 Å². The van der Waals surface area contributed by atoms with Crippen molar-refractivity contribution in [1.82, 2.24) is 5.32 Å². The first kappa shape index (κ1) is 13.4. The molecule has 6 atom stereocenters. The fraction of sp³-hybridized carbons (Fsp3) is 0.895. The molecule has 1 saturated heterocycles. The van der Waals surface area contributed by atoms with Crippen LogP contribution < -0.4 is 5.32 Å². The van der Waals surface area contributed by atoms with Crippen LogP contribution in [0.25, 0.3) is 0 Å². The standard InChI is InChI=1S/C19H31N/c1-18-9-3-4-16(18)15-6-5-14-8-12-20-13-11-19(14,2)17(15)7-10-18/h3,9,14-17,20H,4-8,10-13H2,1-2H3. The van der Waals surface area contributed by atoms with Gasteiger partial charge in [0.15, 0.2) is 0 Å². The Morgan fingerprint density at radius 2 is 1.85 bits per heavy atom. The fourth-order valence-electron chi connectivity index (χ4n) is 6.64. The molecule has 112 valence electrons. The molecule has 20 heavy (non-hydrogen) atoms. The summed E-state index contributed by atoms with van der Waals surface area (Å²) in [5.41, 5.74) is 1.18. The summed E-state index contributed by atoms with van der Waals surface area (Å²) in [6, 6.07) is 0. The average molecular weight is 273 g/mol. The van der Waals surface area contributed by atoms with Gasteiger partial charge in [-0.1, -0.05) is 26.0 Å². The molecule has 1 heteroatoms. The van der Waals surface area contributed by atoms with E-state index in [1.807, 2.05) is 0 Å². The van der Waals surface area contributed by atoms with E-state index < -0.39 is 0 Å². The number of nitrogens with one attached hydrogen (secondary N) is 1. The van der Waals surface area contributed by atoms with E-state index in [0.717, 1.165) is 23.7 Å². The van der Waals surface area contributed by atoms with Gasteiger partial charge >= 0.3 is 0 Å². The van der Waals surface area contributed by atoms with E-state index in [1.165, 1.54) is 58.0 Å². The molecule has 3 fully saturated rings. The van der Waals surface area contributed by atoms with Gasteiger partial charge in [0.1, 0.15) is 0 Å². The monoisotopic (exact) mass is 273 g/mol. The van der Waals surface area contributed by atoms with Crippen molar-refractivity contribution in [3.8, 4) is 0 Å². The second-order valence-corrected chi connectivity index (χ2v) is 8.63. The zero-order chi connectivity index (χ0) is 13.8. The Labute approximate surface area is 124 Å². The summed E-state index contributed by atoms with van der Waals surface area (Å²) in [6.45, 7) is 7.73. The lowest BCUT2D eigenvalue weighted by molar-refractivity contribution is -0.0808. The molecule has 1 aliphatic heterocycles. The number of allylic oxidation sites excluding steroid dienone is 2. The van der Waals surface area contributed by atoms with Gasteiger partial charge in [0.2, 0.25) is 0 Å². The van der Waals surface area contributed by atoms with Crippen LogP contribution in [0.1, 0.15) is 58.8 Å². The molecule has 4 aliphatic rings. The second kappa shape index (κ2) is 4.60. The lowest BCUT2D eigenvalue weighted by Crippen LogP contribution is -2.51. The van der Waals surface area contributed by atoms with Crippen molar-refractivity contribution in [3.63, 3.8) is 0 Å². The first-order valence-electron chi connectivity index (χ1n) is 9.02. The quantitative estimate of drug-likeness (QED) is 0.645. The molecule has 1 nitrogen and oxygen atoms in total. The fourth-order valence-corrected chi connectivity index (χ4v) is 6.64. The summed E-state index contributed by atoms with van der Waals surface area (Å²) in [4.78, 5) is 0. The summed E-state index contributed by atoms with van der Waals surface area (Å²) in [7, 11) is 0. The Morgan fingerprint density at radius 3 is 2.75 bits per heavy atom. The van der Waals surface area contributed by atoms with Crippen LogP contribution in [-0.4, -0.2) is 13.1 Å². The van der Waals surface area contributed by atoms with Crippen molar-refractivity contribution < 1.29 is 0 Å². The van der Waals surface area contributed by atoms with Gasteiger partial charge in [0.25, 0.3) is 0 Å². The SMILES string of the molecule is CC12C=CCC1C1CCC3CCNCCC3(C)C1CC2.